The molecule has 0 bridgehead atoms. The Labute approximate surface area is 108 Å². The van der Waals surface area contributed by atoms with E-state index in [4.69, 9.17) is 4.74 Å². The summed E-state index contributed by atoms with van der Waals surface area (Å²) in [7, 11) is 0. The Morgan fingerprint density at radius 3 is 2.33 bits per heavy atom. The largest absolute Gasteiger partial charge is 0.491 e. The molecule has 0 aliphatic heterocycles. The molecular formula is C15H18N2O. The van der Waals surface area contributed by atoms with Gasteiger partial charge in [-0.3, -0.25) is 0 Å². The van der Waals surface area contributed by atoms with Crippen LogP contribution in [-0.4, -0.2) is 11.1 Å². The summed E-state index contributed by atoms with van der Waals surface area (Å²) in [4.78, 5) is 4.30. The minimum absolute atomic E-state index is 0.197. The van der Waals surface area contributed by atoms with Crippen molar-refractivity contribution in [3.63, 3.8) is 0 Å². The van der Waals surface area contributed by atoms with Gasteiger partial charge in [0.15, 0.2) is 0 Å². The van der Waals surface area contributed by atoms with E-state index in [0.29, 0.717) is 0 Å². The van der Waals surface area contributed by atoms with Gasteiger partial charge in [-0.25, -0.2) is 4.98 Å². The molecule has 0 aliphatic rings. The molecule has 18 heavy (non-hydrogen) atoms. The van der Waals surface area contributed by atoms with Crippen molar-refractivity contribution in [2.75, 3.05) is 5.32 Å². The van der Waals surface area contributed by atoms with Gasteiger partial charge in [0.05, 0.1) is 6.10 Å². The Morgan fingerprint density at radius 2 is 1.78 bits per heavy atom. The number of aromatic nitrogens is 1. The zero-order chi connectivity index (χ0) is 13.0. The second-order valence-electron chi connectivity index (χ2n) is 4.54. The number of rotatable bonds is 4. The fourth-order valence-corrected chi connectivity index (χ4v) is 1.58. The van der Waals surface area contributed by atoms with Gasteiger partial charge >= 0.3 is 0 Å². The van der Waals surface area contributed by atoms with Gasteiger partial charge in [-0.1, -0.05) is 6.07 Å². The van der Waals surface area contributed by atoms with Crippen LogP contribution >= 0.6 is 0 Å². The van der Waals surface area contributed by atoms with Crippen molar-refractivity contribution in [1.29, 1.82) is 0 Å². The smallest absolute Gasteiger partial charge is 0.130 e. The molecule has 2 rings (SSSR count). The van der Waals surface area contributed by atoms with Crippen LogP contribution in [0.3, 0.4) is 0 Å². The summed E-state index contributed by atoms with van der Waals surface area (Å²) in [5, 5.41) is 3.24. The monoisotopic (exact) mass is 242 g/mol. The first-order valence-electron chi connectivity index (χ1n) is 6.10. The van der Waals surface area contributed by atoms with Crippen LogP contribution in [0, 0.1) is 6.92 Å². The minimum atomic E-state index is 0.197. The maximum atomic E-state index is 5.59. The summed E-state index contributed by atoms with van der Waals surface area (Å²) in [6, 6.07) is 11.9. The SMILES string of the molecule is Cc1ccc(Nc2ccc(OC(C)C)cc2)nc1. The molecule has 0 amide bonds. The maximum absolute atomic E-state index is 5.59. The summed E-state index contributed by atoms with van der Waals surface area (Å²) >= 11 is 0. The van der Waals surface area contributed by atoms with E-state index in [1.54, 1.807) is 0 Å². The fourth-order valence-electron chi connectivity index (χ4n) is 1.58. The number of pyridine rings is 1. The van der Waals surface area contributed by atoms with Crippen LogP contribution in [0.15, 0.2) is 42.6 Å². The van der Waals surface area contributed by atoms with Crippen molar-refractivity contribution < 1.29 is 4.74 Å². The summed E-state index contributed by atoms with van der Waals surface area (Å²) in [5.74, 6) is 1.73. The molecule has 0 fully saturated rings. The van der Waals surface area contributed by atoms with E-state index in [9.17, 15) is 0 Å². The normalized spacial score (nSPS) is 10.4. The number of aryl methyl sites for hydroxylation is 1. The first kappa shape index (κ1) is 12.4. The predicted molar refractivity (Wildman–Crippen MR) is 74.5 cm³/mol. The Kier molecular flexibility index (Phi) is 3.82. The van der Waals surface area contributed by atoms with Crippen LogP contribution in [0.4, 0.5) is 11.5 Å². The van der Waals surface area contributed by atoms with E-state index < -0.39 is 0 Å². The summed E-state index contributed by atoms with van der Waals surface area (Å²) in [5.41, 5.74) is 2.16. The lowest BCUT2D eigenvalue weighted by Gasteiger charge is -2.10. The van der Waals surface area contributed by atoms with Gasteiger partial charge in [0.1, 0.15) is 11.6 Å². The van der Waals surface area contributed by atoms with Crippen LogP contribution in [0.1, 0.15) is 19.4 Å². The van der Waals surface area contributed by atoms with E-state index in [1.807, 2.05) is 63.4 Å². The molecule has 0 unspecified atom stereocenters. The number of hydrogen-bond donors (Lipinski definition) is 1. The van der Waals surface area contributed by atoms with Crippen LogP contribution in [0.5, 0.6) is 5.75 Å². The van der Waals surface area contributed by atoms with Gasteiger partial charge in [0.25, 0.3) is 0 Å². The highest BCUT2D eigenvalue weighted by molar-refractivity contribution is 5.57. The van der Waals surface area contributed by atoms with Crippen molar-refractivity contribution in [1.82, 2.24) is 4.98 Å². The number of benzene rings is 1. The molecule has 0 spiro atoms. The van der Waals surface area contributed by atoms with Crippen molar-refractivity contribution in [2.45, 2.75) is 26.9 Å². The molecular weight excluding hydrogens is 224 g/mol. The zero-order valence-corrected chi connectivity index (χ0v) is 11.0. The topological polar surface area (TPSA) is 34.1 Å². The summed E-state index contributed by atoms with van der Waals surface area (Å²) in [6.45, 7) is 6.06. The number of nitrogens with zero attached hydrogens (tertiary/aromatic N) is 1. The van der Waals surface area contributed by atoms with E-state index in [2.05, 4.69) is 10.3 Å². The minimum Gasteiger partial charge on any atom is -0.491 e. The lowest BCUT2D eigenvalue weighted by molar-refractivity contribution is 0.242. The van der Waals surface area contributed by atoms with Gasteiger partial charge in [-0.15, -0.1) is 0 Å². The molecule has 0 saturated heterocycles. The van der Waals surface area contributed by atoms with Gasteiger partial charge < -0.3 is 10.1 Å². The molecule has 1 aromatic heterocycles. The Bertz CT molecular complexity index is 489. The molecule has 2 aromatic rings. The first-order chi connectivity index (χ1) is 8.63. The quantitative estimate of drug-likeness (QED) is 0.882. The average molecular weight is 242 g/mol. The first-order valence-corrected chi connectivity index (χ1v) is 6.10. The van der Waals surface area contributed by atoms with Crippen LogP contribution in [0.25, 0.3) is 0 Å². The highest BCUT2D eigenvalue weighted by Crippen LogP contribution is 2.19. The predicted octanol–water partition coefficient (Wildman–Crippen LogP) is 3.92. The van der Waals surface area contributed by atoms with Gasteiger partial charge in [-0.2, -0.15) is 0 Å². The Hall–Kier alpha value is -2.03. The van der Waals surface area contributed by atoms with E-state index in [1.165, 1.54) is 0 Å². The molecule has 0 radical (unpaired) electrons. The lowest BCUT2D eigenvalue weighted by atomic mass is 10.3. The molecule has 0 aliphatic carbocycles. The fraction of sp³-hybridized carbons (Fsp3) is 0.267. The van der Waals surface area contributed by atoms with Crippen molar-refractivity contribution in [2.24, 2.45) is 0 Å². The van der Waals surface area contributed by atoms with Gasteiger partial charge in [0, 0.05) is 11.9 Å². The number of anilines is 2. The molecule has 1 heterocycles. The van der Waals surface area contributed by atoms with Gasteiger partial charge in [0.2, 0.25) is 0 Å². The average Bonchev–Trinajstić information content (AvgIpc) is 2.34. The maximum Gasteiger partial charge on any atom is 0.130 e. The standard InChI is InChI=1S/C15H18N2O/c1-11(2)18-14-7-5-13(6-8-14)17-15-9-4-12(3)10-16-15/h4-11H,1-3H3,(H,16,17). The van der Waals surface area contributed by atoms with E-state index in [0.717, 1.165) is 22.8 Å². The van der Waals surface area contributed by atoms with Crippen LogP contribution < -0.4 is 10.1 Å². The highest BCUT2D eigenvalue weighted by Gasteiger charge is 1.99. The lowest BCUT2D eigenvalue weighted by Crippen LogP contribution is -2.05. The number of ether oxygens (including phenoxy) is 1. The van der Waals surface area contributed by atoms with Crippen molar-refractivity contribution in [3.8, 4) is 5.75 Å². The van der Waals surface area contributed by atoms with Crippen molar-refractivity contribution >= 4 is 11.5 Å². The second-order valence-corrected chi connectivity index (χ2v) is 4.54. The Morgan fingerprint density at radius 1 is 1.06 bits per heavy atom. The molecule has 1 N–H and O–H groups in total. The third kappa shape index (κ3) is 3.48. The van der Waals surface area contributed by atoms with E-state index >= 15 is 0 Å². The third-order valence-corrected chi connectivity index (χ3v) is 2.41. The number of hydrogen-bond acceptors (Lipinski definition) is 3. The molecule has 1 aromatic carbocycles. The molecule has 94 valence electrons. The molecule has 3 nitrogen and oxygen atoms in total. The second kappa shape index (κ2) is 5.54. The van der Waals surface area contributed by atoms with Crippen molar-refractivity contribution in [3.05, 3.63) is 48.2 Å². The molecule has 0 saturated carbocycles. The van der Waals surface area contributed by atoms with Gasteiger partial charge in [-0.05, 0) is 56.7 Å². The summed E-state index contributed by atoms with van der Waals surface area (Å²) in [6.07, 6.45) is 2.04. The van der Waals surface area contributed by atoms with E-state index in [-0.39, 0.29) is 6.10 Å². The van der Waals surface area contributed by atoms with Crippen LogP contribution in [-0.2, 0) is 0 Å². The number of nitrogens with one attached hydrogen (secondary N) is 1. The molecule has 3 heteroatoms. The van der Waals surface area contributed by atoms with Crippen LogP contribution in [0.2, 0.25) is 0 Å². The Balaban J connectivity index is 2.04. The third-order valence-electron chi connectivity index (χ3n) is 2.41. The summed E-state index contributed by atoms with van der Waals surface area (Å²) < 4.78 is 5.59. The molecule has 0 atom stereocenters. The highest BCUT2D eigenvalue weighted by atomic mass is 16.5. The zero-order valence-electron chi connectivity index (χ0n) is 11.0.